The number of hydrogen-bond acceptors (Lipinski definition) is 5. The Bertz CT molecular complexity index is 278. The minimum absolute atomic E-state index is 0.308. The normalized spacial score (nSPS) is 18.1. The molecule has 5 heteroatoms. The third-order valence-corrected chi connectivity index (χ3v) is 3.03. The van der Waals surface area contributed by atoms with E-state index in [2.05, 4.69) is 4.90 Å². The Morgan fingerprint density at radius 3 is 2.61 bits per heavy atom. The van der Waals surface area contributed by atoms with E-state index in [4.69, 9.17) is 20.9 Å². The molecule has 0 aromatic carbocycles. The quantitative estimate of drug-likeness (QED) is 0.381. The second-order valence-corrected chi connectivity index (χ2v) is 4.31. The van der Waals surface area contributed by atoms with Crippen LogP contribution in [-0.2, 0) is 9.47 Å². The smallest absolute Gasteiger partial charge is 0.159 e. The maximum atomic E-state index is 5.67. The first-order valence-electron chi connectivity index (χ1n) is 6.52. The largest absolute Gasteiger partial charge is 0.496 e. The summed E-state index contributed by atoms with van der Waals surface area (Å²) < 4.78 is 10.8. The Morgan fingerprint density at radius 1 is 1.33 bits per heavy atom. The molecule has 0 aliphatic carbocycles. The predicted molar refractivity (Wildman–Crippen MR) is 72.7 cm³/mol. The van der Waals surface area contributed by atoms with Crippen LogP contribution < -0.4 is 11.5 Å². The van der Waals surface area contributed by atoms with E-state index in [0.29, 0.717) is 24.7 Å². The van der Waals surface area contributed by atoms with Crippen LogP contribution in [0.3, 0.4) is 0 Å². The fraction of sp³-hybridized carbons (Fsp3) is 0.692. The Morgan fingerprint density at radius 2 is 2.06 bits per heavy atom. The SMILES string of the molecule is CO/C(CN)=C(/C=C/N)OCCCN1CCCC1. The molecule has 0 aromatic heterocycles. The van der Waals surface area contributed by atoms with Gasteiger partial charge >= 0.3 is 0 Å². The van der Waals surface area contributed by atoms with E-state index in [0.717, 1.165) is 13.0 Å². The third-order valence-electron chi connectivity index (χ3n) is 3.03. The highest BCUT2D eigenvalue weighted by Crippen LogP contribution is 2.10. The zero-order chi connectivity index (χ0) is 13.2. The Hall–Kier alpha value is -1.20. The molecule has 104 valence electrons. The minimum Gasteiger partial charge on any atom is -0.496 e. The number of likely N-dealkylation sites (tertiary alicyclic amines) is 1. The van der Waals surface area contributed by atoms with Gasteiger partial charge in [0.15, 0.2) is 11.5 Å². The molecule has 0 spiro atoms. The number of hydrogen-bond donors (Lipinski definition) is 2. The molecular formula is C13H25N3O2. The molecule has 18 heavy (non-hydrogen) atoms. The van der Waals surface area contributed by atoms with E-state index in [-0.39, 0.29) is 0 Å². The number of allylic oxidation sites excluding steroid dienone is 1. The highest BCUT2D eigenvalue weighted by atomic mass is 16.5. The lowest BCUT2D eigenvalue weighted by Gasteiger charge is -2.15. The van der Waals surface area contributed by atoms with Gasteiger partial charge in [-0.1, -0.05) is 0 Å². The zero-order valence-electron chi connectivity index (χ0n) is 11.2. The number of nitrogens with two attached hydrogens (primary N) is 2. The average Bonchev–Trinajstić information content (AvgIpc) is 2.89. The van der Waals surface area contributed by atoms with Gasteiger partial charge in [-0.3, -0.25) is 0 Å². The summed E-state index contributed by atoms with van der Waals surface area (Å²) in [4.78, 5) is 2.46. The van der Waals surface area contributed by atoms with Gasteiger partial charge < -0.3 is 25.8 Å². The fourth-order valence-electron chi connectivity index (χ4n) is 2.07. The van der Waals surface area contributed by atoms with E-state index in [1.807, 2.05) is 0 Å². The van der Waals surface area contributed by atoms with Gasteiger partial charge in [0.1, 0.15) is 0 Å². The van der Waals surface area contributed by atoms with Crippen LogP contribution in [-0.4, -0.2) is 44.8 Å². The van der Waals surface area contributed by atoms with Crippen molar-refractivity contribution in [3.05, 3.63) is 23.8 Å². The molecule has 0 saturated carbocycles. The molecule has 0 atom stereocenters. The van der Waals surface area contributed by atoms with E-state index >= 15 is 0 Å². The predicted octanol–water partition coefficient (Wildman–Crippen LogP) is 0.778. The van der Waals surface area contributed by atoms with Crippen LogP contribution in [0.5, 0.6) is 0 Å². The van der Waals surface area contributed by atoms with Gasteiger partial charge in [-0.25, -0.2) is 0 Å². The van der Waals surface area contributed by atoms with Crippen molar-refractivity contribution in [1.29, 1.82) is 0 Å². The van der Waals surface area contributed by atoms with E-state index in [1.165, 1.54) is 32.1 Å². The van der Waals surface area contributed by atoms with Crippen molar-refractivity contribution in [2.24, 2.45) is 11.5 Å². The standard InChI is InChI=1S/C13H25N3O2/c1-17-13(11-15)12(5-6-14)18-10-4-9-16-7-2-3-8-16/h5-6H,2-4,7-11,14-15H2,1H3/b6-5+,13-12-. The monoisotopic (exact) mass is 255 g/mol. The second kappa shape index (κ2) is 8.83. The van der Waals surface area contributed by atoms with Gasteiger partial charge in [0.25, 0.3) is 0 Å². The summed E-state index contributed by atoms with van der Waals surface area (Å²) in [5.74, 6) is 1.25. The van der Waals surface area contributed by atoms with Crippen LogP contribution in [0.25, 0.3) is 0 Å². The summed E-state index contributed by atoms with van der Waals surface area (Å²) in [5.41, 5.74) is 11.0. The minimum atomic E-state index is 0.308. The zero-order valence-corrected chi connectivity index (χ0v) is 11.2. The molecule has 0 bridgehead atoms. The average molecular weight is 255 g/mol. The first-order chi connectivity index (χ1) is 8.81. The summed E-state index contributed by atoms with van der Waals surface area (Å²) in [5, 5.41) is 0. The Kier molecular flexibility index (Phi) is 7.29. The van der Waals surface area contributed by atoms with Gasteiger partial charge in [-0.15, -0.1) is 0 Å². The molecule has 1 heterocycles. The number of ether oxygens (including phenoxy) is 2. The fourth-order valence-corrected chi connectivity index (χ4v) is 2.07. The van der Waals surface area contributed by atoms with Crippen LogP contribution in [0.4, 0.5) is 0 Å². The maximum absolute atomic E-state index is 5.67. The number of methoxy groups -OCH3 is 1. The number of nitrogens with zero attached hydrogens (tertiary/aromatic N) is 1. The Labute approximate surface area is 109 Å². The van der Waals surface area contributed by atoms with Crippen molar-refractivity contribution in [2.45, 2.75) is 19.3 Å². The lowest BCUT2D eigenvalue weighted by atomic mass is 10.3. The van der Waals surface area contributed by atoms with E-state index < -0.39 is 0 Å². The van der Waals surface area contributed by atoms with E-state index in [9.17, 15) is 0 Å². The molecule has 1 aliphatic rings. The molecule has 0 amide bonds. The maximum Gasteiger partial charge on any atom is 0.159 e. The van der Waals surface area contributed by atoms with Crippen molar-refractivity contribution in [2.75, 3.05) is 39.9 Å². The van der Waals surface area contributed by atoms with Crippen LogP contribution in [0.1, 0.15) is 19.3 Å². The lowest BCUT2D eigenvalue weighted by Crippen LogP contribution is -2.21. The van der Waals surface area contributed by atoms with Crippen molar-refractivity contribution in [3.8, 4) is 0 Å². The number of rotatable bonds is 8. The summed E-state index contributed by atoms with van der Waals surface area (Å²) in [6.07, 6.45) is 6.77. The first kappa shape index (κ1) is 14.9. The molecule has 1 saturated heterocycles. The van der Waals surface area contributed by atoms with Gasteiger partial charge in [-0.05, 0) is 44.6 Å². The van der Waals surface area contributed by atoms with Gasteiger partial charge in [0.05, 0.1) is 20.3 Å². The summed E-state index contributed by atoms with van der Waals surface area (Å²) in [7, 11) is 1.58. The molecule has 1 fully saturated rings. The van der Waals surface area contributed by atoms with Crippen molar-refractivity contribution in [3.63, 3.8) is 0 Å². The van der Waals surface area contributed by atoms with E-state index in [1.54, 1.807) is 13.2 Å². The molecular weight excluding hydrogens is 230 g/mol. The lowest BCUT2D eigenvalue weighted by molar-refractivity contribution is 0.173. The molecule has 0 aromatic rings. The van der Waals surface area contributed by atoms with Crippen LogP contribution in [0, 0.1) is 0 Å². The van der Waals surface area contributed by atoms with Crippen LogP contribution in [0.15, 0.2) is 23.8 Å². The molecule has 0 unspecified atom stereocenters. The third kappa shape index (κ3) is 4.98. The molecule has 0 radical (unpaired) electrons. The molecule has 4 N–H and O–H groups in total. The Balaban J connectivity index is 2.31. The summed E-state index contributed by atoms with van der Waals surface area (Å²) in [6, 6.07) is 0. The summed E-state index contributed by atoms with van der Waals surface area (Å²) in [6.45, 7) is 4.49. The second-order valence-electron chi connectivity index (χ2n) is 4.31. The van der Waals surface area contributed by atoms with Crippen LogP contribution in [0.2, 0.25) is 0 Å². The highest BCUT2D eigenvalue weighted by molar-refractivity contribution is 5.16. The summed E-state index contributed by atoms with van der Waals surface area (Å²) >= 11 is 0. The molecule has 1 rings (SSSR count). The first-order valence-corrected chi connectivity index (χ1v) is 6.52. The molecule has 5 nitrogen and oxygen atoms in total. The molecule has 1 aliphatic heterocycles. The topological polar surface area (TPSA) is 73.7 Å². The van der Waals surface area contributed by atoms with Gasteiger partial charge in [0, 0.05) is 6.54 Å². The van der Waals surface area contributed by atoms with Crippen molar-refractivity contribution < 1.29 is 9.47 Å². The van der Waals surface area contributed by atoms with Crippen molar-refractivity contribution >= 4 is 0 Å². The van der Waals surface area contributed by atoms with Gasteiger partial charge in [0.2, 0.25) is 0 Å². The highest BCUT2D eigenvalue weighted by Gasteiger charge is 2.11. The van der Waals surface area contributed by atoms with Gasteiger partial charge in [-0.2, -0.15) is 0 Å². The van der Waals surface area contributed by atoms with Crippen molar-refractivity contribution in [1.82, 2.24) is 4.90 Å². The van der Waals surface area contributed by atoms with Crippen LogP contribution >= 0.6 is 0 Å².